The summed E-state index contributed by atoms with van der Waals surface area (Å²) < 4.78 is 13.2. The Morgan fingerprint density at radius 3 is 2.67 bits per heavy atom. The molecular formula is C9H11FO2. The Morgan fingerprint density at radius 2 is 2.33 bits per heavy atom. The average Bonchev–Trinajstić information content (AvgIpc) is 1.99. The maximum Gasteiger partial charge on any atom is 0.316 e. The van der Waals surface area contributed by atoms with Crippen LogP contribution in [-0.2, 0) is 4.79 Å². The van der Waals surface area contributed by atoms with Crippen LogP contribution >= 0.6 is 0 Å². The van der Waals surface area contributed by atoms with Crippen LogP contribution in [-0.4, -0.2) is 11.1 Å². The van der Waals surface area contributed by atoms with E-state index in [4.69, 9.17) is 5.11 Å². The third-order valence-corrected chi connectivity index (χ3v) is 2.49. The first-order chi connectivity index (χ1) is 5.49. The Morgan fingerprint density at radius 1 is 1.75 bits per heavy atom. The van der Waals surface area contributed by atoms with Crippen LogP contribution in [0.4, 0.5) is 4.39 Å². The van der Waals surface area contributed by atoms with Crippen molar-refractivity contribution in [3.63, 3.8) is 0 Å². The highest BCUT2D eigenvalue weighted by Gasteiger charge is 2.43. The molecule has 0 saturated carbocycles. The van der Waals surface area contributed by atoms with Crippen LogP contribution in [0.1, 0.15) is 13.8 Å². The molecule has 1 aliphatic carbocycles. The predicted molar refractivity (Wildman–Crippen MR) is 43.2 cm³/mol. The summed E-state index contributed by atoms with van der Waals surface area (Å²) in [4.78, 5) is 10.8. The van der Waals surface area contributed by atoms with Crippen molar-refractivity contribution in [2.75, 3.05) is 0 Å². The molecule has 66 valence electrons. The van der Waals surface area contributed by atoms with E-state index in [1.54, 1.807) is 19.1 Å². The van der Waals surface area contributed by atoms with E-state index in [1.807, 2.05) is 0 Å². The van der Waals surface area contributed by atoms with E-state index in [0.717, 1.165) is 0 Å². The maximum absolute atomic E-state index is 13.2. The molecule has 2 unspecified atom stereocenters. The Hall–Kier alpha value is -1.12. The molecule has 0 saturated heterocycles. The summed E-state index contributed by atoms with van der Waals surface area (Å²) >= 11 is 0. The molecule has 2 nitrogen and oxygen atoms in total. The highest BCUT2D eigenvalue weighted by Crippen LogP contribution is 2.39. The van der Waals surface area contributed by atoms with Gasteiger partial charge in [0.05, 0.1) is 0 Å². The van der Waals surface area contributed by atoms with E-state index in [2.05, 4.69) is 0 Å². The molecule has 0 bridgehead atoms. The zero-order valence-electron chi connectivity index (χ0n) is 7.04. The number of rotatable bonds is 1. The van der Waals surface area contributed by atoms with Gasteiger partial charge in [-0.2, -0.15) is 0 Å². The first-order valence-corrected chi connectivity index (χ1v) is 3.77. The molecule has 0 radical (unpaired) electrons. The Kier molecular flexibility index (Phi) is 2.04. The van der Waals surface area contributed by atoms with Crippen molar-refractivity contribution >= 4 is 5.97 Å². The highest BCUT2D eigenvalue weighted by molar-refractivity contribution is 5.78. The first kappa shape index (κ1) is 8.97. The van der Waals surface area contributed by atoms with Crippen LogP contribution in [0, 0.1) is 11.3 Å². The van der Waals surface area contributed by atoms with E-state index < -0.39 is 17.2 Å². The van der Waals surface area contributed by atoms with Gasteiger partial charge in [-0.15, -0.1) is 0 Å². The lowest BCUT2D eigenvalue weighted by Gasteiger charge is -2.29. The first-order valence-electron chi connectivity index (χ1n) is 3.77. The van der Waals surface area contributed by atoms with Gasteiger partial charge in [0.15, 0.2) is 0 Å². The van der Waals surface area contributed by atoms with Gasteiger partial charge in [0.1, 0.15) is 11.2 Å². The molecule has 3 heteroatoms. The summed E-state index contributed by atoms with van der Waals surface area (Å²) in [6.07, 6.45) is 4.44. The van der Waals surface area contributed by atoms with Crippen LogP contribution in [0.2, 0.25) is 0 Å². The molecule has 0 aromatic carbocycles. The summed E-state index contributed by atoms with van der Waals surface area (Å²) in [5, 5.41) is 8.82. The summed E-state index contributed by atoms with van der Waals surface area (Å²) in [7, 11) is 0. The molecule has 12 heavy (non-hydrogen) atoms. The predicted octanol–water partition coefficient (Wildman–Crippen LogP) is 2.14. The van der Waals surface area contributed by atoms with Gasteiger partial charge < -0.3 is 5.11 Å². The van der Waals surface area contributed by atoms with Crippen molar-refractivity contribution in [3.05, 3.63) is 24.1 Å². The lowest BCUT2D eigenvalue weighted by atomic mass is 9.74. The van der Waals surface area contributed by atoms with Crippen molar-refractivity contribution in [1.29, 1.82) is 0 Å². The lowest BCUT2D eigenvalue weighted by molar-refractivity contribution is -0.148. The van der Waals surface area contributed by atoms with Crippen LogP contribution in [0.15, 0.2) is 24.1 Å². The molecule has 0 aliphatic heterocycles. The second-order valence-electron chi connectivity index (χ2n) is 3.20. The second-order valence-corrected chi connectivity index (χ2v) is 3.20. The normalized spacial score (nSPS) is 34.6. The van der Waals surface area contributed by atoms with E-state index in [1.165, 1.54) is 13.0 Å². The SMILES string of the molecule is CC1C=CC=C(F)C1(C)C(=O)O. The fourth-order valence-corrected chi connectivity index (χ4v) is 1.19. The number of aliphatic carboxylic acids is 1. The van der Waals surface area contributed by atoms with Crippen molar-refractivity contribution in [2.24, 2.45) is 11.3 Å². The molecule has 1 aliphatic rings. The quantitative estimate of drug-likeness (QED) is 0.654. The van der Waals surface area contributed by atoms with Gasteiger partial charge in [0.25, 0.3) is 0 Å². The number of carbonyl (C=O) groups is 1. The van der Waals surface area contributed by atoms with E-state index >= 15 is 0 Å². The number of hydrogen-bond donors (Lipinski definition) is 1. The fraction of sp³-hybridized carbons (Fsp3) is 0.444. The van der Waals surface area contributed by atoms with Gasteiger partial charge in [-0.25, -0.2) is 4.39 Å². The van der Waals surface area contributed by atoms with Crippen molar-refractivity contribution < 1.29 is 14.3 Å². The number of carboxylic acid groups (broad SMARTS) is 1. The minimum atomic E-state index is -1.38. The van der Waals surface area contributed by atoms with E-state index in [0.29, 0.717) is 0 Å². The largest absolute Gasteiger partial charge is 0.481 e. The molecule has 0 amide bonds. The van der Waals surface area contributed by atoms with Crippen LogP contribution in [0.5, 0.6) is 0 Å². The molecule has 1 rings (SSSR count). The minimum Gasteiger partial charge on any atom is -0.481 e. The van der Waals surface area contributed by atoms with Crippen LogP contribution < -0.4 is 0 Å². The van der Waals surface area contributed by atoms with Gasteiger partial charge in [0.2, 0.25) is 0 Å². The van der Waals surface area contributed by atoms with Gasteiger partial charge in [0, 0.05) is 0 Å². The smallest absolute Gasteiger partial charge is 0.316 e. The van der Waals surface area contributed by atoms with Crippen molar-refractivity contribution in [3.8, 4) is 0 Å². The second kappa shape index (κ2) is 2.73. The third kappa shape index (κ3) is 1.05. The molecule has 0 aromatic heterocycles. The van der Waals surface area contributed by atoms with Crippen LogP contribution in [0.25, 0.3) is 0 Å². The zero-order valence-corrected chi connectivity index (χ0v) is 7.04. The number of hydrogen-bond acceptors (Lipinski definition) is 1. The summed E-state index contributed by atoms with van der Waals surface area (Å²) in [5.41, 5.74) is -1.38. The minimum absolute atomic E-state index is 0.306. The van der Waals surface area contributed by atoms with Gasteiger partial charge >= 0.3 is 5.97 Å². The maximum atomic E-state index is 13.2. The number of carboxylic acids is 1. The molecule has 0 heterocycles. The zero-order chi connectivity index (χ0) is 9.35. The van der Waals surface area contributed by atoms with Gasteiger partial charge in [-0.3, -0.25) is 4.79 Å². The summed E-state index contributed by atoms with van der Waals surface area (Å²) in [6, 6.07) is 0. The molecule has 0 spiro atoms. The number of halogens is 1. The number of allylic oxidation sites excluding steroid dienone is 3. The van der Waals surface area contributed by atoms with E-state index in [-0.39, 0.29) is 5.92 Å². The Labute approximate surface area is 70.4 Å². The molecule has 2 atom stereocenters. The van der Waals surface area contributed by atoms with Crippen molar-refractivity contribution in [1.82, 2.24) is 0 Å². The Bertz CT molecular complexity index is 268. The van der Waals surface area contributed by atoms with E-state index in [9.17, 15) is 9.18 Å². The highest BCUT2D eigenvalue weighted by atomic mass is 19.1. The van der Waals surface area contributed by atoms with Crippen molar-refractivity contribution in [2.45, 2.75) is 13.8 Å². The fourth-order valence-electron chi connectivity index (χ4n) is 1.19. The summed E-state index contributed by atoms with van der Waals surface area (Å²) in [6.45, 7) is 3.09. The molecule has 0 fully saturated rings. The standard InChI is InChI=1S/C9H11FO2/c1-6-4-3-5-7(10)9(6,2)8(11)12/h3-6H,1-2H3,(H,11,12). The van der Waals surface area contributed by atoms with Crippen LogP contribution in [0.3, 0.4) is 0 Å². The molecule has 0 aromatic rings. The lowest BCUT2D eigenvalue weighted by Crippen LogP contribution is -2.35. The topological polar surface area (TPSA) is 37.3 Å². The Balaban J connectivity index is 3.10. The van der Waals surface area contributed by atoms with Gasteiger partial charge in [-0.1, -0.05) is 19.1 Å². The average molecular weight is 170 g/mol. The van der Waals surface area contributed by atoms with Gasteiger partial charge in [-0.05, 0) is 18.9 Å². The molecule has 1 N–H and O–H groups in total. The summed E-state index contributed by atoms with van der Waals surface area (Å²) in [5.74, 6) is -2.00. The monoisotopic (exact) mass is 170 g/mol. The molecular weight excluding hydrogens is 159 g/mol. The third-order valence-electron chi connectivity index (χ3n) is 2.49.